The van der Waals surface area contributed by atoms with Crippen LogP contribution in [0.2, 0.25) is 0 Å². The Hall–Kier alpha value is -1.39. The molecule has 0 amide bonds. The highest BCUT2D eigenvalue weighted by Crippen LogP contribution is 2.14. The monoisotopic (exact) mass is 291 g/mol. The Morgan fingerprint density at radius 3 is 2.62 bits per heavy atom. The number of morpholine rings is 1. The maximum absolute atomic E-state index is 11.0. The van der Waals surface area contributed by atoms with E-state index in [0.29, 0.717) is 6.42 Å². The lowest BCUT2D eigenvalue weighted by Crippen LogP contribution is -2.37. The highest BCUT2D eigenvalue weighted by molar-refractivity contribution is 5.75. The molecule has 116 valence electrons. The van der Waals surface area contributed by atoms with E-state index < -0.39 is 0 Å². The Bertz CT molecular complexity index is 424. The molecule has 4 heteroatoms. The van der Waals surface area contributed by atoms with Gasteiger partial charge in [-0.15, -0.1) is 0 Å². The largest absolute Gasteiger partial charge is 0.494 e. The standard InChI is InChI=1S/C17H25NO3/c1-15(19)3-4-16-5-7-17(8-6-16)21-12-2-9-18-10-13-20-14-11-18/h5-8H,2-4,9-14H2,1H3. The minimum atomic E-state index is 0.235. The van der Waals surface area contributed by atoms with Gasteiger partial charge in [-0.2, -0.15) is 0 Å². The quantitative estimate of drug-likeness (QED) is 0.689. The zero-order valence-corrected chi connectivity index (χ0v) is 12.8. The lowest BCUT2D eigenvalue weighted by Gasteiger charge is -2.26. The van der Waals surface area contributed by atoms with Crippen LogP contribution in [0.4, 0.5) is 0 Å². The fraction of sp³-hybridized carbons (Fsp3) is 0.588. The van der Waals surface area contributed by atoms with Gasteiger partial charge in [-0.1, -0.05) is 12.1 Å². The first-order chi connectivity index (χ1) is 10.2. The van der Waals surface area contributed by atoms with Gasteiger partial charge in [0.25, 0.3) is 0 Å². The molecule has 0 unspecified atom stereocenters. The van der Waals surface area contributed by atoms with Crippen molar-refractivity contribution in [3.8, 4) is 5.75 Å². The van der Waals surface area contributed by atoms with Crippen LogP contribution in [-0.2, 0) is 16.0 Å². The molecule has 4 nitrogen and oxygen atoms in total. The molecule has 0 saturated carbocycles. The number of carbonyl (C=O) groups excluding carboxylic acids is 1. The van der Waals surface area contributed by atoms with E-state index in [2.05, 4.69) is 4.90 Å². The number of hydrogen-bond donors (Lipinski definition) is 0. The van der Waals surface area contributed by atoms with E-state index in [1.54, 1.807) is 6.92 Å². The number of benzene rings is 1. The zero-order chi connectivity index (χ0) is 14.9. The number of hydrogen-bond acceptors (Lipinski definition) is 4. The van der Waals surface area contributed by atoms with Gasteiger partial charge in [-0.3, -0.25) is 4.90 Å². The molecule has 0 spiro atoms. The van der Waals surface area contributed by atoms with Crippen LogP contribution >= 0.6 is 0 Å². The van der Waals surface area contributed by atoms with Gasteiger partial charge in [-0.25, -0.2) is 0 Å². The first kappa shape index (κ1) is 16.0. The molecule has 1 saturated heterocycles. The van der Waals surface area contributed by atoms with E-state index in [0.717, 1.165) is 58.0 Å². The van der Waals surface area contributed by atoms with Crippen molar-refractivity contribution in [1.29, 1.82) is 0 Å². The van der Waals surface area contributed by atoms with Gasteiger partial charge in [0.2, 0.25) is 0 Å². The second-order valence-electron chi connectivity index (χ2n) is 5.50. The van der Waals surface area contributed by atoms with Gasteiger partial charge in [0.15, 0.2) is 0 Å². The van der Waals surface area contributed by atoms with Crippen molar-refractivity contribution in [3.05, 3.63) is 29.8 Å². The summed E-state index contributed by atoms with van der Waals surface area (Å²) < 4.78 is 11.1. The smallest absolute Gasteiger partial charge is 0.130 e. The number of ether oxygens (including phenoxy) is 2. The maximum Gasteiger partial charge on any atom is 0.130 e. The number of Topliss-reactive ketones (excluding diaryl/α,β-unsaturated/α-hetero) is 1. The van der Waals surface area contributed by atoms with Crippen LogP contribution in [-0.4, -0.2) is 50.1 Å². The number of nitrogens with zero attached hydrogens (tertiary/aromatic N) is 1. The Morgan fingerprint density at radius 1 is 1.24 bits per heavy atom. The average molecular weight is 291 g/mol. The van der Waals surface area contributed by atoms with Gasteiger partial charge >= 0.3 is 0 Å². The van der Waals surface area contributed by atoms with E-state index in [1.807, 2.05) is 24.3 Å². The lowest BCUT2D eigenvalue weighted by atomic mass is 10.1. The molecular weight excluding hydrogens is 266 g/mol. The van der Waals surface area contributed by atoms with E-state index in [9.17, 15) is 4.79 Å². The summed E-state index contributed by atoms with van der Waals surface area (Å²) in [5, 5.41) is 0. The molecule has 1 aliphatic rings. The number of carbonyl (C=O) groups is 1. The van der Waals surface area contributed by atoms with Crippen LogP contribution in [0.15, 0.2) is 24.3 Å². The summed E-state index contributed by atoms with van der Waals surface area (Å²) in [5.41, 5.74) is 1.19. The molecule has 2 rings (SSSR count). The summed E-state index contributed by atoms with van der Waals surface area (Å²) in [7, 11) is 0. The SMILES string of the molecule is CC(=O)CCc1ccc(OCCCN2CCOCC2)cc1. The van der Waals surface area contributed by atoms with Crippen LogP contribution in [0.1, 0.15) is 25.3 Å². The summed E-state index contributed by atoms with van der Waals surface area (Å²) in [4.78, 5) is 13.4. The Morgan fingerprint density at radius 2 is 1.95 bits per heavy atom. The van der Waals surface area contributed by atoms with E-state index in [4.69, 9.17) is 9.47 Å². The van der Waals surface area contributed by atoms with Crippen molar-refractivity contribution < 1.29 is 14.3 Å². The molecule has 1 fully saturated rings. The van der Waals surface area contributed by atoms with Crippen molar-refractivity contribution in [3.63, 3.8) is 0 Å². The zero-order valence-electron chi connectivity index (χ0n) is 12.8. The fourth-order valence-electron chi connectivity index (χ4n) is 2.38. The van der Waals surface area contributed by atoms with Crippen molar-refractivity contribution in [2.45, 2.75) is 26.2 Å². The Kier molecular flexibility index (Phi) is 6.70. The van der Waals surface area contributed by atoms with Gasteiger partial charge in [-0.05, 0) is 37.5 Å². The minimum absolute atomic E-state index is 0.235. The third-order valence-electron chi connectivity index (χ3n) is 3.68. The molecular formula is C17H25NO3. The van der Waals surface area contributed by atoms with Crippen molar-refractivity contribution >= 4 is 5.78 Å². The molecule has 0 radical (unpaired) electrons. The van der Waals surface area contributed by atoms with Crippen LogP contribution in [0, 0.1) is 0 Å². The second-order valence-corrected chi connectivity index (χ2v) is 5.50. The molecule has 1 aromatic rings. The molecule has 0 N–H and O–H groups in total. The van der Waals surface area contributed by atoms with Gasteiger partial charge < -0.3 is 14.3 Å². The van der Waals surface area contributed by atoms with Crippen LogP contribution in [0.25, 0.3) is 0 Å². The second kappa shape index (κ2) is 8.80. The molecule has 1 heterocycles. The van der Waals surface area contributed by atoms with Crippen LogP contribution < -0.4 is 4.74 Å². The summed E-state index contributed by atoms with van der Waals surface area (Å²) in [6.45, 7) is 7.21. The first-order valence-electron chi connectivity index (χ1n) is 7.75. The molecule has 1 aliphatic heterocycles. The molecule has 0 aliphatic carbocycles. The van der Waals surface area contributed by atoms with E-state index in [1.165, 1.54) is 5.56 Å². The average Bonchev–Trinajstić information content (AvgIpc) is 2.52. The molecule has 21 heavy (non-hydrogen) atoms. The van der Waals surface area contributed by atoms with E-state index >= 15 is 0 Å². The molecule has 0 bridgehead atoms. The molecule has 0 atom stereocenters. The predicted octanol–water partition coefficient (Wildman–Crippen LogP) is 2.31. The molecule has 0 aromatic heterocycles. The Balaban J connectivity index is 1.62. The third-order valence-corrected chi connectivity index (χ3v) is 3.68. The highest BCUT2D eigenvalue weighted by atomic mass is 16.5. The van der Waals surface area contributed by atoms with Gasteiger partial charge in [0.05, 0.1) is 19.8 Å². The summed E-state index contributed by atoms with van der Waals surface area (Å²) in [5.74, 6) is 1.14. The number of aryl methyl sites for hydroxylation is 1. The topological polar surface area (TPSA) is 38.8 Å². The van der Waals surface area contributed by atoms with Crippen molar-refractivity contribution in [2.24, 2.45) is 0 Å². The number of ketones is 1. The molecule has 1 aromatic carbocycles. The lowest BCUT2D eigenvalue weighted by molar-refractivity contribution is -0.116. The number of rotatable bonds is 8. The first-order valence-corrected chi connectivity index (χ1v) is 7.75. The van der Waals surface area contributed by atoms with Gasteiger partial charge in [0, 0.05) is 26.1 Å². The minimum Gasteiger partial charge on any atom is -0.494 e. The maximum atomic E-state index is 11.0. The highest BCUT2D eigenvalue weighted by Gasteiger charge is 2.09. The van der Waals surface area contributed by atoms with Crippen LogP contribution in [0.3, 0.4) is 0 Å². The summed E-state index contributed by atoms with van der Waals surface area (Å²) in [6.07, 6.45) is 2.46. The van der Waals surface area contributed by atoms with Crippen molar-refractivity contribution in [1.82, 2.24) is 4.90 Å². The van der Waals surface area contributed by atoms with Gasteiger partial charge in [0.1, 0.15) is 11.5 Å². The van der Waals surface area contributed by atoms with Crippen molar-refractivity contribution in [2.75, 3.05) is 39.5 Å². The normalized spacial score (nSPS) is 15.9. The predicted molar refractivity (Wildman–Crippen MR) is 82.8 cm³/mol. The van der Waals surface area contributed by atoms with Crippen LogP contribution in [0.5, 0.6) is 5.75 Å². The summed E-state index contributed by atoms with van der Waals surface area (Å²) in [6, 6.07) is 8.06. The Labute approximate surface area is 127 Å². The fourth-order valence-corrected chi connectivity index (χ4v) is 2.38. The summed E-state index contributed by atoms with van der Waals surface area (Å²) >= 11 is 0. The third kappa shape index (κ3) is 6.27. The van der Waals surface area contributed by atoms with E-state index in [-0.39, 0.29) is 5.78 Å².